The van der Waals surface area contributed by atoms with E-state index in [-0.39, 0.29) is 30.7 Å². The van der Waals surface area contributed by atoms with Crippen molar-refractivity contribution in [3.8, 4) is 16.9 Å². The molecule has 1 aliphatic heterocycles. The van der Waals surface area contributed by atoms with Crippen LogP contribution in [0.25, 0.3) is 11.1 Å². The molecule has 30 heavy (non-hydrogen) atoms. The van der Waals surface area contributed by atoms with Gasteiger partial charge >= 0.3 is 0 Å². The number of nitrogens with two attached hydrogens (primary N) is 1. The van der Waals surface area contributed by atoms with Crippen LogP contribution >= 0.6 is 0 Å². The van der Waals surface area contributed by atoms with E-state index in [1.807, 2.05) is 11.1 Å². The van der Waals surface area contributed by atoms with Crippen molar-refractivity contribution in [2.75, 3.05) is 13.1 Å². The summed E-state index contributed by atoms with van der Waals surface area (Å²) in [6.07, 6.45) is 6.11. The molecule has 1 aromatic heterocycles. The maximum absolute atomic E-state index is 13.4. The zero-order chi connectivity index (χ0) is 21.1. The average molecular weight is 417 g/mol. The van der Waals surface area contributed by atoms with Gasteiger partial charge in [0, 0.05) is 48.8 Å². The van der Waals surface area contributed by atoms with Crippen molar-refractivity contribution in [2.45, 2.75) is 43.7 Å². The fraction of sp³-hybridized carbons (Fsp3) is 0.450. The second kappa shape index (κ2) is 8.39. The lowest BCUT2D eigenvalue weighted by molar-refractivity contribution is 0.00662. The number of hydrogen-bond donors (Lipinski definition) is 4. The van der Waals surface area contributed by atoms with Gasteiger partial charge in [-0.2, -0.15) is 15.3 Å². The summed E-state index contributed by atoms with van der Waals surface area (Å²) in [5, 5.41) is 30.4. The minimum absolute atomic E-state index is 0.0347. The minimum Gasteiger partial charge on any atom is -0.507 e. The fourth-order valence-corrected chi connectivity index (χ4v) is 4.05. The minimum atomic E-state index is -2.55. The van der Waals surface area contributed by atoms with Crippen LogP contribution in [0.3, 0.4) is 0 Å². The van der Waals surface area contributed by atoms with Gasteiger partial charge in [-0.15, -0.1) is 0 Å². The lowest BCUT2D eigenvalue weighted by Gasteiger charge is -2.18. The molecule has 5 N–H and O–H groups in total. The van der Waals surface area contributed by atoms with Crippen LogP contribution in [0.1, 0.15) is 31.2 Å². The van der Waals surface area contributed by atoms with E-state index in [9.17, 15) is 13.9 Å². The van der Waals surface area contributed by atoms with Crippen molar-refractivity contribution >= 4 is 11.9 Å². The number of hydrogen-bond acceptors (Lipinski definition) is 7. The monoisotopic (exact) mass is 417 g/mol. The lowest BCUT2D eigenvalue weighted by atomic mass is 10.0. The standard InChI is InChI=1S/C20H25F2N7O/c21-20(22)5-3-15(8-20)27-16-4-6-29(12-16)26-11-18(28-23)17-2-1-13(7-19(17)30)14-9-24-25-10-14/h1-2,7,9-11,15-16,27,30H,3-6,8,12,23H2,(H,24,25)/b26-11-,28-18+. The van der Waals surface area contributed by atoms with Crippen LogP contribution in [0.15, 0.2) is 40.8 Å². The third-order valence-electron chi connectivity index (χ3n) is 5.63. The van der Waals surface area contributed by atoms with Gasteiger partial charge in [0.25, 0.3) is 0 Å². The second-order valence-corrected chi connectivity index (χ2v) is 7.84. The molecule has 1 aromatic carbocycles. The highest BCUT2D eigenvalue weighted by atomic mass is 19.3. The van der Waals surface area contributed by atoms with Gasteiger partial charge in [0.2, 0.25) is 5.92 Å². The van der Waals surface area contributed by atoms with E-state index < -0.39 is 5.92 Å². The number of H-pyrrole nitrogens is 1. The molecule has 4 rings (SSSR count). The number of aromatic amines is 1. The van der Waals surface area contributed by atoms with E-state index in [0.717, 1.165) is 17.5 Å². The maximum atomic E-state index is 13.4. The number of nitrogens with one attached hydrogen (secondary N) is 2. The molecule has 2 aliphatic rings. The quantitative estimate of drug-likeness (QED) is 0.327. The van der Waals surface area contributed by atoms with E-state index >= 15 is 0 Å². The molecule has 160 valence electrons. The summed E-state index contributed by atoms with van der Waals surface area (Å²) in [6, 6.07) is 5.17. The third kappa shape index (κ3) is 4.59. The third-order valence-corrected chi connectivity index (χ3v) is 5.63. The van der Waals surface area contributed by atoms with Gasteiger partial charge in [-0.3, -0.25) is 10.1 Å². The Morgan fingerprint density at radius 1 is 1.33 bits per heavy atom. The highest BCUT2D eigenvalue weighted by molar-refractivity contribution is 6.38. The Labute approximate surface area is 172 Å². The number of benzene rings is 1. The SMILES string of the molecule is N/N=C(\C=N/N1CCC(NC2CCC(F)(F)C2)C1)c1ccc(-c2cn[nH]c2)cc1O. The summed E-state index contributed by atoms with van der Waals surface area (Å²) in [7, 11) is 0. The molecule has 10 heteroatoms. The van der Waals surface area contributed by atoms with Crippen molar-refractivity contribution in [3.63, 3.8) is 0 Å². The molecular formula is C20H25F2N7O. The van der Waals surface area contributed by atoms with Gasteiger partial charge in [-0.1, -0.05) is 6.07 Å². The summed E-state index contributed by atoms with van der Waals surface area (Å²) in [6.45, 7) is 1.34. The summed E-state index contributed by atoms with van der Waals surface area (Å²) < 4.78 is 26.7. The van der Waals surface area contributed by atoms with Crippen LogP contribution < -0.4 is 11.2 Å². The van der Waals surface area contributed by atoms with Gasteiger partial charge in [0.05, 0.1) is 19.0 Å². The lowest BCUT2D eigenvalue weighted by Crippen LogP contribution is -2.38. The first-order chi connectivity index (χ1) is 14.4. The number of aromatic nitrogens is 2. The van der Waals surface area contributed by atoms with Crippen LogP contribution in [0.5, 0.6) is 5.75 Å². The molecular weight excluding hydrogens is 392 g/mol. The Balaban J connectivity index is 1.36. The first-order valence-electron chi connectivity index (χ1n) is 9.97. The highest BCUT2D eigenvalue weighted by Gasteiger charge is 2.40. The van der Waals surface area contributed by atoms with E-state index in [0.29, 0.717) is 30.8 Å². The van der Waals surface area contributed by atoms with Gasteiger partial charge in [-0.25, -0.2) is 8.78 Å². The largest absolute Gasteiger partial charge is 0.507 e. The molecule has 0 bridgehead atoms. The van der Waals surface area contributed by atoms with Gasteiger partial charge < -0.3 is 16.3 Å². The molecule has 0 amide bonds. The number of nitrogens with zero attached hydrogens (tertiary/aromatic N) is 4. The van der Waals surface area contributed by atoms with Crippen LogP contribution in [0.2, 0.25) is 0 Å². The van der Waals surface area contributed by atoms with E-state index in [1.54, 1.807) is 24.5 Å². The zero-order valence-electron chi connectivity index (χ0n) is 16.4. The Morgan fingerprint density at radius 3 is 2.87 bits per heavy atom. The zero-order valence-corrected chi connectivity index (χ0v) is 16.4. The fourth-order valence-electron chi connectivity index (χ4n) is 4.05. The molecule has 0 spiro atoms. The molecule has 2 fully saturated rings. The van der Waals surface area contributed by atoms with E-state index in [4.69, 9.17) is 5.84 Å². The number of halogens is 2. The summed E-state index contributed by atoms with van der Waals surface area (Å²) in [5.74, 6) is 3.01. The molecule has 2 heterocycles. The predicted octanol–water partition coefficient (Wildman–Crippen LogP) is 2.28. The Hall–Kier alpha value is -3.01. The second-order valence-electron chi connectivity index (χ2n) is 7.84. The normalized spacial score (nSPS) is 24.2. The molecule has 0 radical (unpaired) electrons. The number of alkyl halides is 2. The van der Waals surface area contributed by atoms with Crippen molar-refractivity contribution in [1.82, 2.24) is 20.5 Å². The average Bonchev–Trinajstić information content (AvgIpc) is 3.45. The predicted molar refractivity (Wildman–Crippen MR) is 111 cm³/mol. The van der Waals surface area contributed by atoms with Crippen LogP contribution in [0.4, 0.5) is 8.78 Å². The van der Waals surface area contributed by atoms with Crippen molar-refractivity contribution in [3.05, 3.63) is 36.2 Å². The summed E-state index contributed by atoms with van der Waals surface area (Å²) in [4.78, 5) is 0. The van der Waals surface area contributed by atoms with Gasteiger partial charge in [0.15, 0.2) is 0 Å². The molecule has 2 aromatic rings. The van der Waals surface area contributed by atoms with Crippen molar-refractivity contribution in [1.29, 1.82) is 0 Å². The smallest absolute Gasteiger partial charge is 0.249 e. The van der Waals surface area contributed by atoms with Crippen LogP contribution in [0, 0.1) is 0 Å². The number of phenols is 1. The Morgan fingerprint density at radius 2 is 2.20 bits per heavy atom. The topological polar surface area (TPSA) is 115 Å². The van der Waals surface area contributed by atoms with Gasteiger partial charge in [0.1, 0.15) is 11.5 Å². The first kappa shape index (κ1) is 20.3. The summed E-state index contributed by atoms with van der Waals surface area (Å²) >= 11 is 0. The molecule has 1 saturated heterocycles. The van der Waals surface area contributed by atoms with Crippen molar-refractivity contribution < 1.29 is 13.9 Å². The number of hydrazone groups is 2. The first-order valence-corrected chi connectivity index (χ1v) is 9.97. The molecule has 2 atom stereocenters. The number of aromatic hydroxyl groups is 1. The maximum Gasteiger partial charge on any atom is 0.249 e. The van der Waals surface area contributed by atoms with Crippen LogP contribution in [-0.2, 0) is 0 Å². The number of rotatable bonds is 6. The Bertz CT molecular complexity index is 929. The summed E-state index contributed by atoms with van der Waals surface area (Å²) in [5.41, 5.74) is 2.48. The number of phenolic OH excluding ortho intramolecular Hbond substituents is 1. The van der Waals surface area contributed by atoms with E-state index in [1.165, 1.54) is 6.21 Å². The van der Waals surface area contributed by atoms with Crippen molar-refractivity contribution in [2.24, 2.45) is 16.0 Å². The molecule has 1 saturated carbocycles. The highest BCUT2D eigenvalue weighted by Crippen LogP contribution is 2.35. The van der Waals surface area contributed by atoms with Crippen LogP contribution in [-0.4, -0.2) is 63.3 Å². The van der Waals surface area contributed by atoms with E-state index in [2.05, 4.69) is 25.7 Å². The van der Waals surface area contributed by atoms with Gasteiger partial charge in [-0.05, 0) is 30.5 Å². The Kier molecular flexibility index (Phi) is 5.67. The molecule has 1 aliphatic carbocycles. The molecule has 8 nitrogen and oxygen atoms in total. The molecule has 2 unspecified atom stereocenters.